The SMILES string of the molecule is CCOC(=O)[C@]12CCC[C@]3(CC=CCO[C@H]31)CN([C@@H](C)c1ccccc1)C2. The average Bonchev–Trinajstić information content (AvgIpc) is 2.91. The Kier molecular flexibility index (Phi) is 5.13. The summed E-state index contributed by atoms with van der Waals surface area (Å²) in [6.45, 7) is 6.86. The van der Waals surface area contributed by atoms with E-state index >= 15 is 0 Å². The van der Waals surface area contributed by atoms with E-state index in [4.69, 9.17) is 9.47 Å². The van der Waals surface area contributed by atoms with Gasteiger partial charge in [0.1, 0.15) is 5.41 Å². The van der Waals surface area contributed by atoms with Gasteiger partial charge in [0.15, 0.2) is 0 Å². The summed E-state index contributed by atoms with van der Waals surface area (Å²) in [6.07, 6.45) is 8.35. The minimum absolute atomic E-state index is 0.000693. The van der Waals surface area contributed by atoms with E-state index in [1.165, 1.54) is 5.56 Å². The van der Waals surface area contributed by atoms with Crippen LogP contribution in [-0.4, -0.2) is 43.3 Å². The summed E-state index contributed by atoms with van der Waals surface area (Å²) < 4.78 is 12.0. The molecule has 0 aromatic heterocycles. The molecule has 2 bridgehead atoms. The van der Waals surface area contributed by atoms with Crippen molar-refractivity contribution < 1.29 is 14.3 Å². The molecule has 4 nitrogen and oxygen atoms in total. The summed E-state index contributed by atoms with van der Waals surface area (Å²) in [5.74, 6) is -0.0639. The summed E-state index contributed by atoms with van der Waals surface area (Å²) in [5.41, 5.74) is 0.746. The average molecular weight is 370 g/mol. The lowest BCUT2D eigenvalue weighted by Gasteiger charge is -2.60. The maximum atomic E-state index is 13.2. The van der Waals surface area contributed by atoms with E-state index in [1.807, 2.05) is 6.92 Å². The van der Waals surface area contributed by atoms with Gasteiger partial charge in [-0.1, -0.05) is 48.9 Å². The van der Waals surface area contributed by atoms with Crippen molar-refractivity contribution in [2.75, 3.05) is 26.3 Å². The number of piperidine rings is 1. The smallest absolute Gasteiger partial charge is 0.316 e. The van der Waals surface area contributed by atoms with Gasteiger partial charge in [-0.3, -0.25) is 9.69 Å². The molecule has 0 spiro atoms. The van der Waals surface area contributed by atoms with E-state index in [1.54, 1.807) is 0 Å². The lowest BCUT2D eigenvalue weighted by molar-refractivity contribution is -0.212. The van der Waals surface area contributed by atoms with E-state index in [9.17, 15) is 4.79 Å². The third kappa shape index (κ3) is 3.13. The minimum Gasteiger partial charge on any atom is -0.465 e. The van der Waals surface area contributed by atoms with Crippen LogP contribution in [0.15, 0.2) is 42.5 Å². The molecule has 0 radical (unpaired) electrons. The largest absolute Gasteiger partial charge is 0.465 e. The Morgan fingerprint density at radius 1 is 1.26 bits per heavy atom. The molecule has 1 saturated carbocycles. The van der Waals surface area contributed by atoms with Gasteiger partial charge in [-0.05, 0) is 38.7 Å². The second-order valence-electron chi connectivity index (χ2n) is 8.47. The summed E-state index contributed by atoms with van der Waals surface area (Å²) >= 11 is 0. The number of hydrogen-bond acceptors (Lipinski definition) is 4. The quantitative estimate of drug-likeness (QED) is 0.591. The van der Waals surface area contributed by atoms with Gasteiger partial charge >= 0.3 is 5.97 Å². The molecule has 0 N–H and O–H groups in total. The fourth-order valence-corrected chi connectivity index (χ4v) is 5.66. The number of hydrogen-bond donors (Lipinski definition) is 0. The number of allylic oxidation sites excluding steroid dienone is 1. The van der Waals surface area contributed by atoms with Crippen LogP contribution in [0.3, 0.4) is 0 Å². The van der Waals surface area contributed by atoms with Crippen molar-refractivity contribution in [2.45, 2.75) is 51.7 Å². The third-order valence-corrected chi connectivity index (χ3v) is 6.92. The van der Waals surface area contributed by atoms with Gasteiger partial charge in [-0.2, -0.15) is 0 Å². The Bertz CT molecular complexity index is 703. The van der Waals surface area contributed by atoms with Crippen LogP contribution in [0.4, 0.5) is 0 Å². The Morgan fingerprint density at radius 2 is 2.07 bits per heavy atom. The summed E-state index contributed by atoms with van der Waals surface area (Å²) in [7, 11) is 0. The topological polar surface area (TPSA) is 38.8 Å². The molecule has 1 aromatic carbocycles. The number of carbonyl (C=O) groups is 1. The molecular weight excluding hydrogens is 338 g/mol. The van der Waals surface area contributed by atoms with E-state index in [0.717, 1.165) is 32.2 Å². The molecule has 4 rings (SSSR count). The first-order valence-electron chi connectivity index (χ1n) is 10.3. The summed E-state index contributed by atoms with van der Waals surface area (Å²) in [6, 6.07) is 10.9. The molecule has 27 heavy (non-hydrogen) atoms. The number of benzene rings is 1. The molecule has 2 heterocycles. The molecule has 1 saturated heterocycles. The number of likely N-dealkylation sites (tertiary alicyclic amines) is 1. The molecule has 0 unspecified atom stereocenters. The fraction of sp³-hybridized carbons (Fsp3) is 0.609. The first-order valence-corrected chi connectivity index (χ1v) is 10.3. The highest BCUT2D eigenvalue weighted by molar-refractivity contribution is 5.79. The predicted octanol–water partition coefficient (Wildman–Crippen LogP) is 4.13. The van der Waals surface area contributed by atoms with E-state index < -0.39 is 5.41 Å². The van der Waals surface area contributed by atoms with Crippen molar-refractivity contribution >= 4 is 5.97 Å². The minimum atomic E-state index is -0.554. The van der Waals surface area contributed by atoms with Crippen LogP contribution in [0.2, 0.25) is 0 Å². The van der Waals surface area contributed by atoms with Gasteiger partial charge in [0.25, 0.3) is 0 Å². The second-order valence-corrected chi connectivity index (χ2v) is 8.47. The monoisotopic (exact) mass is 369 g/mol. The van der Waals surface area contributed by atoms with Gasteiger partial charge in [0.05, 0.1) is 19.3 Å². The number of esters is 1. The number of rotatable bonds is 4. The number of ether oxygens (including phenoxy) is 2. The van der Waals surface area contributed by atoms with Crippen molar-refractivity contribution in [3.05, 3.63) is 48.0 Å². The zero-order valence-corrected chi connectivity index (χ0v) is 16.5. The first-order chi connectivity index (χ1) is 13.1. The van der Waals surface area contributed by atoms with Crippen LogP contribution in [0, 0.1) is 10.8 Å². The van der Waals surface area contributed by atoms with Crippen LogP contribution in [0.25, 0.3) is 0 Å². The molecule has 0 amide bonds. The summed E-state index contributed by atoms with van der Waals surface area (Å²) in [5, 5.41) is 0. The highest BCUT2D eigenvalue weighted by Crippen LogP contribution is 2.56. The van der Waals surface area contributed by atoms with Crippen LogP contribution >= 0.6 is 0 Å². The van der Waals surface area contributed by atoms with Crippen LogP contribution < -0.4 is 0 Å². The molecule has 4 heteroatoms. The Hall–Kier alpha value is -1.65. The lowest BCUT2D eigenvalue weighted by atomic mass is 9.55. The molecule has 2 fully saturated rings. The second kappa shape index (κ2) is 7.40. The molecule has 1 aromatic rings. The van der Waals surface area contributed by atoms with Gasteiger partial charge in [-0.25, -0.2) is 0 Å². The van der Waals surface area contributed by atoms with Crippen molar-refractivity contribution in [1.29, 1.82) is 0 Å². The maximum Gasteiger partial charge on any atom is 0.316 e. The van der Waals surface area contributed by atoms with Crippen molar-refractivity contribution in [2.24, 2.45) is 10.8 Å². The van der Waals surface area contributed by atoms with E-state index in [-0.39, 0.29) is 23.5 Å². The third-order valence-electron chi connectivity index (χ3n) is 6.92. The zero-order valence-electron chi connectivity index (χ0n) is 16.5. The first kappa shape index (κ1) is 18.7. The predicted molar refractivity (Wildman–Crippen MR) is 105 cm³/mol. The number of nitrogens with zero attached hydrogens (tertiary/aromatic N) is 1. The molecular formula is C23H31NO3. The summed E-state index contributed by atoms with van der Waals surface area (Å²) in [4.78, 5) is 15.8. The molecule has 1 aliphatic carbocycles. The van der Waals surface area contributed by atoms with E-state index in [2.05, 4.69) is 54.3 Å². The van der Waals surface area contributed by atoms with Crippen LogP contribution in [0.1, 0.15) is 51.1 Å². The van der Waals surface area contributed by atoms with E-state index in [0.29, 0.717) is 19.8 Å². The maximum absolute atomic E-state index is 13.2. The van der Waals surface area contributed by atoms with Crippen LogP contribution in [-0.2, 0) is 14.3 Å². The highest BCUT2D eigenvalue weighted by atomic mass is 16.5. The van der Waals surface area contributed by atoms with Gasteiger partial charge in [0, 0.05) is 24.5 Å². The highest BCUT2D eigenvalue weighted by Gasteiger charge is 2.63. The zero-order chi connectivity index (χ0) is 18.9. The van der Waals surface area contributed by atoms with Gasteiger partial charge < -0.3 is 9.47 Å². The Labute approximate surface area is 162 Å². The van der Waals surface area contributed by atoms with Gasteiger partial charge in [0.2, 0.25) is 0 Å². The normalized spacial score (nSPS) is 34.4. The molecule has 4 atom stereocenters. The molecule has 2 aliphatic heterocycles. The Balaban J connectivity index is 1.73. The van der Waals surface area contributed by atoms with Crippen molar-refractivity contribution in [3.63, 3.8) is 0 Å². The Morgan fingerprint density at radius 3 is 2.85 bits per heavy atom. The standard InChI is InChI=1S/C23H31NO3/c1-3-26-21(25)23-14-9-13-22(12-7-8-15-27-20(22)23)16-24(17-23)18(2)19-10-5-4-6-11-19/h4-8,10-11,18,20H,3,9,12-17H2,1-2H3/t18-,20+,22+,23-/m0/s1. The molecule has 146 valence electrons. The fourth-order valence-electron chi connectivity index (χ4n) is 5.66. The van der Waals surface area contributed by atoms with Gasteiger partial charge in [-0.15, -0.1) is 0 Å². The van der Waals surface area contributed by atoms with Crippen molar-refractivity contribution in [3.8, 4) is 0 Å². The lowest BCUT2D eigenvalue weighted by Crippen LogP contribution is -2.68. The number of carbonyl (C=O) groups excluding carboxylic acids is 1. The molecule has 3 aliphatic rings. The van der Waals surface area contributed by atoms with Crippen LogP contribution in [0.5, 0.6) is 0 Å². The van der Waals surface area contributed by atoms with Crippen molar-refractivity contribution in [1.82, 2.24) is 4.90 Å².